The van der Waals surface area contributed by atoms with Crippen LogP contribution < -0.4 is 10.2 Å². The first-order valence-corrected chi connectivity index (χ1v) is 8.95. The van der Waals surface area contributed by atoms with Crippen molar-refractivity contribution in [2.45, 2.75) is 6.92 Å². The van der Waals surface area contributed by atoms with Crippen LogP contribution in [0, 0.1) is 0 Å². The molecule has 1 N–H and O–H groups in total. The first kappa shape index (κ1) is 19.9. The molecule has 0 spiro atoms. The number of methoxy groups -OCH3 is 1. The Bertz CT molecular complexity index is 1000. The second-order valence-electron chi connectivity index (χ2n) is 5.93. The van der Waals surface area contributed by atoms with Gasteiger partial charge >= 0.3 is 5.97 Å². The Morgan fingerprint density at radius 2 is 1.69 bits per heavy atom. The van der Waals surface area contributed by atoms with Crippen LogP contribution in [-0.2, 0) is 4.74 Å². The fourth-order valence-electron chi connectivity index (χ4n) is 2.55. The number of carbonyl (C=O) groups is 2. The second-order valence-corrected chi connectivity index (χ2v) is 5.93. The van der Waals surface area contributed by atoms with Gasteiger partial charge in [0.05, 0.1) is 25.5 Å². The van der Waals surface area contributed by atoms with Crippen LogP contribution in [0.1, 0.15) is 33.4 Å². The molecule has 0 unspecified atom stereocenters. The molecule has 3 aromatic rings. The molecule has 0 aliphatic carbocycles. The normalized spacial score (nSPS) is 10.7. The molecule has 0 fully saturated rings. The summed E-state index contributed by atoms with van der Waals surface area (Å²) >= 11 is 0. The molecule has 29 heavy (non-hydrogen) atoms. The molecular weight excluding hydrogens is 372 g/mol. The third kappa shape index (κ3) is 5.10. The highest BCUT2D eigenvalue weighted by Gasteiger charge is 2.08. The van der Waals surface area contributed by atoms with Crippen molar-refractivity contribution in [2.75, 3.05) is 13.7 Å². The fraction of sp³-hybridized carbons (Fsp3) is 0.136. The van der Waals surface area contributed by atoms with Gasteiger partial charge in [0.15, 0.2) is 0 Å². The van der Waals surface area contributed by atoms with Crippen molar-refractivity contribution >= 4 is 18.1 Å². The molecule has 0 saturated carbocycles. The molecule has 1 aromatic heterocycles. The second kappa shape index (κ2) is 9.36. The largest absolute Gasteiger partial charge is 0.494 e. The van der Waals surface area contributed by atoms with E-state index in [1.165, 1.54) is 13.3 Å². The lowest BCUT2D eigenvalue weighted by Gasteiger charge is -2.03. The van der Waals surface area contributed by atoms with Crippen molar-refractivity contribution < 1.29 is 23.5 Å². The van der Waals surface area contributed by atoms with Crippen LogP contribution in [0.3, 0.4) is 0 Å². The number of nitrogens with zero attached hydrogens (tertiary/aromatic N) is 1. The summed E-state index contributed by atoms with van der Waals surface area (Å²) < 4.78 is 15.7. The van der Waals surface area contributed by atoms with Gasteiger partial charge in [0.1, 0.15) is 17.3 Å². The highest BCUT2D eigenvalue weighted by Crippen LogP contribution is 2.22. The van der Waals surface area contributed by atoms with Gasteiger partial charge in [-0.1, -0.05) is 12.1 Å². The summed E-state index contributed by atoms with van der Waals surface area (Å²) in [6.45, 7) is 2.46. The van der Waals surface area contributed by atoms with Crippen LogP contribution in [0.15, 0.2) is 70.2 Å². The maximum absolute atomic E-state index is 12.1. The molecule has 3 rings (SSSR count). The third-order valence-corrected chi connectivity index (χ3v) is 4.00. The summed E-state index contributed by atoms with van der Waals surface area (Å²) in [4.78, 5) is 23.6. The zero-order valence-electron chi connectivity index (χ0n) is 16.0. The number of benzene rings is 2. The standard InChI is InChI=1S/C22H20N2O5/c1-3-28-18-10-8-16(9-11-18)21(25)24-23-14-19-12-13-20(29-19)15-4-6-17(7-5-15)22(26)27-2/h4-14H,3H2,1-2H3,(H,24,25)/b23-14-. The van der Waals surface area contributed by atoms with Crippen LogP contribution in [0.25, 0.3) is 11.3 Å². The van der Waals surface area contributed by atoms with Crippen LogP contribution in [0.4, 0.5) is 0 Å². The van der Waals surface area contributed by atoms with Crippen molar-refractivity contribution in [3.8, 4) is 17.1 Å². The Balaban J connectivity index is 1.60. The monoisotopic (exact) mass is 392 g/mol. The molecule has 7 nitrogen and oxygen atoms in total. The number of amides is 1. The SMILES string of the molecule is CCOc1ccc(C(=O)N/N=C\c2ccc(-c3ccc(C(=O)OC)cc3)o2)cc1. The lowest BCUT2D eigenvalue weighted by molar-refractivity contribution is 0.0600. The zero-order valence-corrected chi connectivity index (χ0v) is 16.0. The molecule has 7 heteroatoms. The van der Waals surface area contributed by atoms with Crippen LogP contribution >= 0.6 is 0 Å². The lowest BCUT2D eigenvalue weighted by atomic mass is 10.1. The van der Waals surface area contributed by atoms with Crippen molar-refractivity contribution in [2.24, 2.45) is 5.10 Å². The first-order valence-electron chi connectivity index (χ1n) is 8.95. The Morgan fingerprint density at radius 3 is 2.34 bits per heavy atom. The van der Waals surface area contributed by atoms with Crippen molar-refractivity contribution in [1.82, 2.24) is 5.43 Å². The van der Waals surface area contributed by atoms with E-state index < -0.39 is 5.97 Å². The van der Waals surface area contributed by atoms with Gasteiger partial charge in [-0.15, -0.1) is 0 Å². The van der Waals surface area contributed by atoms with E-state index in [2.05, 4.69) is 15.3 Å². The highest BCUT2D eigenvalue weighted by atomic mass is 16.5. The van der Waals surface area contributed by atoms with Gasteiger partial charge in [-0.25, -0.2) is 10.2 Å². The summed E-state index contributed by atoms with van der Waals surface area (Å²) in [6, 6.07) is 17.2. The minimum Gasteiger partial charge on any atom is -0.494 e. The van der Waals surface area contributed by atoms with Crippen molar-refractivity contribution in [3.63, 3.8) is 0 Å². The predicted octanol–water partition coefficient (Wildman–Crippen LogP) is 3.90. The number of nitrogens with one attached hydrogen (secondary N) is 1. The van der Waals surface area contributed by atoms with Crippen LogP contribution in [0.5, 0.6) is 5.75 Å². The minimum absolute atomic E-state index is 0.338. The number of esters is 1. The summed E-state index contributed by atoms with van der Waals surface area (Å²) in [5.41, 5.74) is 4.18. The van der Waals surface area contributed by atoms with Gasteiger partial charge in [0.25, 0.3) is 5.91 Å². The molecule has 0 atom stereocenters. The number of hydrogen-bond acceptors (Lipinski definition) is 6. The van der Waals surface area contributed by atoms with E-state index in [1.54, 1.807) is 60.7 Å². The van der Waals surface area contributed by atoms with Crippen LogP contribution in [-0.4, -0.2) is 31.8 Å². The first-order chi connectivity index (χ1) is 14.1. The number of rotatable bonds is 7. The van der Waals surface area contributed by atoms with Gasteiger partial charge in [-0.2, -0.15) is 5.10 Å². The third-order valence-electron chi connectivity index (χ3n) is 4.00. The van der Waals surface area contributed by atoms with Gasteiger partial charge in [-0.05, 0) is 55.5 Å². The Hall–Kier alpha value is -3.87. The van der Waals surface area contributed by atoms with Gasteiger partial charge in [-0.3, -0.25) is 4.79 Å². The van der Waals surface area contributed by atoms with Crippen molar-refractivity contribution in [3.05, 3.63) is 77.6 Å². The quantitative estimate of drug-likeness (QED) is 0.374. The molecule has 0 saturated heterocycles. The lowest BCUT2D eigenvalue weighted by Crippen LogP contribution is -2.17. The van der Waals surface area contributed by atoms with E-state index in [0.717, 1.165) is 5.56 Å². The maximum Gasteiger partial charge on any atom is 0.337 e. The highest BCUT2D eigenvalue weighted by molar-refractivity contribution is 5.94. The van der Waals surface area contributed by atoms with E-state index in [1.807, 2.05) is 6.92 Å². The van der Waals surface area contributed by atoms with Crippen LogP contribution in [0.2, 0.25) is 0 Å². The molecule has 0 aliphatic heterocycles. The number of furan rings is 1. The van der Waals surface area contributed by atoms with Gasteiger partial charge in [0, 0.05) is 11.1 Å². The molecule has 0 aliphatic rings. The summed E-state index contributed by atoms with van der Waals surface area (Å²) in [5, 5.41) is 3.92. The Kier molecular flexibility index (Phi) is 6.42. The predicted molar refractivity (Wildman–Crippen MR) is 108 cm³/mol. The van der Waals surface area contributed by atoms with Gasteiger partial charge < -0.3 is 13.9 Å². The van der Waals surface area contributed by atoms with E-state index in [-0.39, 0.29) is 5.91 Å². The molecule has 1 amide bonds. The van der Waals surface area contributed by atoms with E-state index in [0.29, 0.717) is 35.0 Å². The average molecular weight is 392 g/mol. The number of hydrazone groups is 1. The maximum atomic E-state index is 12.1. The smallest absolute Gasteiger partial charge is 0.337 e. The van der Waals surface area contributed by atoms with Gasteiger partial charge in [0.2, 0.25) is 0 Å². The molecule has 0 bridgehead atoms. The number of ether oxygens (including phenoxy) is 2. The summed E-state index contributed by atoms with van der Waals surface area (Å²) in [6.07, 6.45) is 1.42. The van der Waals surface area contributed by atoms with E-state index in [4.69, 9.17) is 9.15 Å². The molecule has 1 heterocycles. The molecule has 0 radical (unpaired) electrons. The molecule has 2 aromatic carbocycles. The molecule has 148 valence electrons. The number of hydrogen-bond donors (Lipinski definition) is 1. The zero-order chi connectivity index (χ0) is 20.6. The fourth-order valence-corrected chi connectivity index (χ4v) is 2.55. The summed E-state index contributed by atoms with van der Waals surface area (Å²) in [5.74, 6) is 1.06. The number of carbonyl (C=O) groups excluding carboxylic acids is 2. The minimum atomic E-state index is -0.396. The van der Waals surface area contributed by atoms with E-state index >= 15 is 0 Å². The Labute approximate surface area is 167 Å². The average Bonchev–Trinajstić information content (AvgIpc) is 3.23. The van der Waals surface area contributed by atoms with E-state index in [9.17, 15) is 9.59 Å². The summed E-state index contributed by atoms with van der Waals surface area (Å²) in [7, 11) is 1.34. The topological polar surface area (TPSA) is 90.1 Å². The van der Waals surface area contributed by atoms with Crippen molar-refractivity contribution in [1.29, 1.82) is 0 Å². The molecular formula is C22H20N2O5. The Morgan fingerprint density at radius 1 is 1.00 bits per heavy atom.